The van der Waals surface area contributed by atoms with E-state index >= 15 is 0 Å². The summed E-state index contributed by atoms with van der Waals surface area (Å²) in [6.07, 6.45) is 4.99. The third-order valence-corrected chi connectivity index (χ3v) is 3.33. The molecule has 1 amide bonds. The number of rotatable bonds is 3. The molecule has 0 unspecified atom stereocenters. The van der Waals surface area contributed by atoms with Crippen LogP contribution in [-0.4, -0.2) is 51.3 Å². The first kappa shape index (κ1) is 16.2. The van der Waals surface area contributed by atoms with E-state index in [1.165, 1.54) is 29.2 Å². The molecule has 1 heterocycles. The van der Waals surface area contributed by atoms with E-state index in [0.717, 1.165) is 0 Å². The summed E-state index contributed by atoms with van der Waals surface area (Å²) in [6.45, 7) is 1.63. The molecule has 1 N–H and O–H groups in total. The summed E-state index contributed by atoms with van der Waals surface area (Å²) in [5.74, 6) is -0.667. The van der Waals surface area contributed by atoms with E-state index in [1.54, 1.807) is 0 Å². The van der Waals surface area contributed by atoms with E-state index in [1.807, 2.05) is 0 Å². The molecular weight excluding hydrogens is 317 g/mol. The average Bonchev–Trinajstić information content (AvgIpc) is 2.49. The van der Waals surface area contributed by atoms with Gasteiger partial charge in [-0.15, -0.1) is 8.42 Å². The lowest BCUT2D eigenvalue weighted by Crippen LogP contribution is -2.41. The third kappa shape index (κ3) is 4.15. The van der Waals surface area contributed by atoms with Gasteiger partial charge in [-0.2, -0.15) is 5.11 Å². The van der Waals surface area contributed by atoms with Gasteiger partial charge in [-0.1, -0.05) is 3.87 Å². The molecule has 0 atom stereocenters. The second kappa shape index (κ2) is 6.71. The van der Waals surface area contributed by atoms with Crippen LogP contribution in [-0.2, 0) is 23.9 Å². The van der Waals surface area contributed by atoms with Gasteiger partial charge in [0, 0.05) is 30.8 Å². The summed E-state index contributed by atoms with van der Waals surface area (Å²) in [5.41, 5.74) is 7.37. The molecule has 2 rings (SSSR count). The van der Waals surface area contributed by atoms with Crippen molar-refractivity contribution in [2.24, 2.45) is 5.11 Å². The van der Waals surface area contributed by atoms with Gasteiger partial charge in [-0.3, -0.25) is 4.79 Å². The monoisotopic (exact) mass is 330 g/mol. The maximum atomic E-state index is 12.4. The van der Waals surface area contributed by atoms with E-state index in [4.69, 9.17) is 10.3 Å². The van der Waals surface area contributed by atoms with Crippen molar-refractivity contribution in [3.05, 3.63) is 35.6 Å². The van der Waals surface area contributed by atoms with Gasteiger partial charge in [0.15, 0.2) is 5.70 Å². The largest absolute Gasteiger partial charge is 0.700 e. The molecule has 0 radical (unpaired) electrons. The molecule has 118 valence electrons. The number of amides is 1. The van der Waals surface area contributed by atoms with Gasteiger partial charge >= 0.3 is 16.3 Å². The number of morpholine rings is 1. The number of nitrogens with one attached hydrogen (secondary N) is 1. The Hall–Kier alpha value is -2.20. The fourth-order valence-corrected chi connectivity index (χ4v) is 2.28. The van der Waals surface area contributed by atoms with Gasteiger partial charge in [-0.25, -0.2) is 5.53 Å². The fourth-order valence-electron chi connectivity index (χ4n) is 1.94. The number of ether oxygens (including phenoxy) is 1. The SMILES string of the molecule is N=NC(C(=O)N1CCOCC1)=C1C=CC(=[O+]S(=O)(=O)F)C=C1. The molecule has 0 aromatic carbocycles. The first-order valence-electron chi connectivity index (χ1n) is 6.26. The van der Waals surface area contributed by atoms with Gasteiger partial charge in [0.2, 0.25) is 0 Å². The molecule has 1 fully saturated rings. The first-order valence-corrected chi connectivity index (χ1v) is 7.57. The molecular formula is C12H13FN3O5S+. The number of ketones is 1. The molecule has 0 spiro atoms. The Kier molecular flexibility index (Phi) is 4.93. The summed E-state index contributed by atoms with van der Waals surface area (Å²) < 4.78 is 42.3. The molecule has 22 heavy (non-hydrogen) atoms. The Morgan fingerprint density at radius 3 is 2.36 bits per heavy atom. The standard InChI is InChI=1S/C12H13FN3O5S/c13-22(18,19)21-10-3-1-9(2-4-10)11(15-14)12(17)16-5-7-20-8-6-16/h1-4,14H,5-8H2/q+1. The van der Waals surface area contributed by atoms with Crippen molar-refractivity contribution in [1.29, 1.82) is 5.53 Å². The number of halogens is 1. The van der Waals surface area contributed by atoms with Crippen LogP contribution < -0.4 is 0 Å². The number of hydrogen-bond donors (Lipinski definition) is 1. The van der Waals surface area contributed by atoms with Gasteiger partial charge in [0.1, 0.15) is 0 Å². The molecule has 2 aliphatic rings. The van der Waals surface area contributed by atoms with Crippen LogP contribution in [0.4, 0.5) is 3.89 Å². The van der Waals surface area contributed by atoms with E-state index in [2.05, 4.69) is 8.99 Å². The molecule has 1 aliphatic heterocycles. The Labute approximate surface area is 126 Å². The lowest BCUT2D eigenvalue weighted by atomic mass is 10.1. The highest BCUT2D eigenvalue weighted by Crippen LogP contribution is 2.17. The summed E-state index contributed by atoms with van der Waals surface area (Å²) in [5, 5.41) is 3.24. The Morgan fingerprint density at radius 1 is 1.27 bits per heavy atom. The van der Waals surface area contributed by atoms with Crippen LogP contribution in [0, 0.1) is 5.53 Å². The predicted octanol–water partition coefficient (Wildman–Crippen LogP) is 0.575. The predicted molar refractivity (Wildman–Crippen MR) is 72.9 cm³/mol. The molecule has 0 saturated carbocycles. The molecule has 10 heteroatoms. The highest BCUT2D eigenvalue weighted by molar-refractivity contribution is 7.79. The van der Waals surface area contributed by atoms with E-state index in [0.29, 0.717) is 31.9 Å². The van der Waals surface area contributed by atoms with Crippen molar-refractivity contribution in [3.63, 3.8) is 0 Å². The van der Waals surface area contributed by atoms with Crippen LogP contribution in [0.15, 0.2) is 40.7 Å². The zero-order chi connectivity index (χ0) is 16.2. The van der Waals surface area contributed by atoms with Crippen molar-refractivity contribution in [1.82, 2.24) is 4.90 Å². The highest BCUT2D eigenvalue weighted by atomic mass is 32.3. The van der Waals surface area contributed by atoms with Gasteiger partial charge in [-0.05, 0) is 16.0 Å². The first-order chi connectivity index (χ1) is 10.4. The zero-order valence-corrected chi connectivity index (χ0v) is 12.2. The van der Waals surface area contributed by atoms with Crippen molar-refractivity contribution in [3.8, 4) is 0 Å². The normalized spacial score (nSPS) is 18.3. The average molecular weight is 330 g/mol. The number of hydrogen-bond acceptors (Lipinski definition) is 6. The molecule has 1 aliphatic carbocycles. The van der Waals surface area contributed by atoms with Gasteiger partial charge < -0.3 is 9.64 Å². The second-order valence-electron chi connectivity index (χ2n) is 4.37. The minimum Gasteiger partial charge on any atom is -0.378 e. The van der Waals surface area contributed by atoms with Crippen LogP contribution in [0.5, 0.6) is 0 Å². The van der Waals surface area contributed by atoms with Crippen LogP contribution in [0.1, 0.15) is 0 Å². The minimum atomic E-state index is -5.11. The number of carbonyl (C=O) groups is 1. The smallest absolute Gasteiger partial charge is 0.378 e. The van der Waals surface area contributed by atoms with Crippen LogP contribution in [0.25, 0.3) is 0 Å². The van der Waals surface area contributed by atoms with E-state index in [-0.39, 0.29) is 11.5 Å². The van der Waals surface area contributed by atoms with Gasteiger partial charge in [0.25, 0.3) is 5.91 Å². The molecule has 8 nitrogen and oxygen atoms in total. The number of nitrogens with zero attached hydrogens (tertiary/aromatic N) is 2. The number of allylic oxidation sites excluding steroid dienone is 5. The lowest BCUT2D eigenvalue weighted by molar-refractivity contribution is -0.273. The zero-order valence-electron chi connectivity index (χ0n) is 11.4. The lowest BCUT2D eigenvalue weighted by Gasteiger charge is -2.26. The minimum absolute atomic E-state index is 0.100. The van der Waals surface area contributed by atoms with Crippen molar-refractivity contribution >= 4 is 22.2 Å². The molecule has 0 aromatic rings. The second-order valence-corrected chi connectivity index (χ2v) is 5.32. The van der Waals surface area contributed by atoms with Crippen LogP contribution >= 0.6 is 0 Å². The maximum Gasteiger partial charge on any atom is 0.700 e. The van der Waals surface area contributed by atoms with Crippen molar-refractivity contribution < 1.29 is 25.7 Å². The van der Waals surface area contributed by atoms with Crippen LogP contribution in [0.3, 0.4) is 0 Å². The Bertz CT molecular complexity index is 684. The fraction of sp³-hybridized carbons (Fsp3) is 0.333. The van der Waals surface area contributed by atoms with E-state index in [9.17, 15) is 17.1 Å². The molecule has 1 saturated heterocycles. The Morgan fingerprint density at radius 2 is 1.86 bits per heavy atom. The summed E-state index contributed by atoms with van der Waals surface area (Å²) in [6, 6.07) is 0. The topological polar surface area (TPSA) is 111 Å². The third-order valence-electron chi connectivity index (χ3n) is 2.94. The van der Waals surface area contributed by atoms with Gasteiger partial charge in [0.05, 0.1) is 13.2 Å². The van der Waals surface area contributed by atoms with Crippen molar-refractivity contribution in [2.75, 3.05) is 26.3 Å². The Balaban J connectivity index is 2.24. The number of carbonyl (C=O) groups excluding carboxylic acids is 2. The summed E-state index contributed by atoms with van der Waals surface area (Å²) >= 11 is 0. The summed E-state index contributed by atoms with van der Waals surface area (Å²) in [4.78, 5) is 13.8. The maximum absolute atomic E-state index is 12.4. The highest BCUT2D eigenvalue weighted by Gasteiger charge is 2.25. The van der Waals surface area contributed by atoms with Crippen LogP contribution in [0.2, 0.25) is 0 Å². The van der Waals surface area contributed by atoms with Crippen molar-refractivity contribution in [2.45, 2.75) is 0 Å². The molecule has 0 bridgehead atoms. The molecule has 0 aromatic heterocycles. The summed E-state index contributed by atoms with van der Waals surface area (Å²) in [7, 11) is -5.11. The quantitative estimate of drug-likeness (QED) is 0.353. The van der Waals surface area contributed by atoms with E-state index < -0.39 is 16.4 Å².